The maximum absolute atomic E-state index is 4.59. The van der Waals surface area contributed by atoms with E-state index in [0.717, 1.165) is 44.3 Å². The van der Waals surface area contributed by atoms with Crippen molar-refractivity contribution in [3.05, 3.63) is 162 Å². The molecule has 7 heteroatoms. The highest BCUT2D eigenvalue weighted by Gasteiger charge is 2.28. The summed E-state index contributed by atoms with van der Waals surface area (Å²) in [5.41, 5.74) is 10.2. The number of benzene rings is 4. The van der Waals surface area contributed by atoms with Gasteiger partial charge in [0.1, 0.15) is 0 Å². The molecular weight excluding hydrogens is 603 g/mol. The van der Waals surface area contributed by atoms with Gasteiger partial charge in [-0.05, 0) is 70.8 Å². The molecule has 0 aliphatic heterocycles. The summed E-state index contributed by atoms with van der Waals surface area (Å²) in [5, 5.41) is 19.3. The van der Waals surface area contributed by atoms with Gasteiger partial charge in [-0.15, -0.1) is 20.4 Å². The average molecular weight is 638 g/mol. The first-order valence-corrected chi connectivity index (χ1v) is 16.4. The van der Waals surface area contributed by atoms with Crippen LogP contribution in [0.4, 0.5) is 0 Å². The first kappa shape index (κ1) is 30.3. The van der Waals surface area contributed by atoms with Gasteiger partial charge in [-0.3, -0.25) is 14.5 Å². The molecule has 0 atom stereocenters. The van der Waals surface area contributed by atoms with Gasteiger partial charge in [0, 0.05) is 45.1 Å². The smallest absolute Gasteiger partial charge is 0.273 e. The number of hydrogen-bond donors (Lipinski definition) is 0. The molecule has 0 fully saturated rings. The van der Waals surface area contributed by atoms with Crippen LogP contribution in [-0.2, 0) is 10.8 Å². The van der Waals surface area contributed by atoms with Crippen molar-refractivity contribution >= 4 is 21.8 Å². The molecule has 8 rings (SSSR count). The average Bonchev–Trinajstić information content (AvgIpc) is 3.49. The highest BCUT2D eigenvalue weighted by molar-refractivity contribution is 6.09. The number of fused-ring (bicyclic) bond motifs is 3. The summed E-state index contributed by atoms with van der Waals surface area (Å²) >= 11 is 0. The molecule has 0 spiro atoms. The molecule has 0 saturated heterocycles. The maximum atomic E-state index is 4.59. The molecular formula is C42H35N7. The number of hydrogen-bond acceptors (Lipinski definition) is 6. The van der Waals surface area contributed by atoms with E-state index in [9.17, 15) is 0 Å². The fraction of sp³-hybridized carbons (Fsp3) is 0.143. The number of nitrogens with zero attached hydrogens (tertiary/aromatic N) is 7. The van der Waals surface area contributed by atoms with Gasteiger partial charge in [-0.25, -0.2) is 0 Å². The Hall–Kier alpha value is -6.08. The van der Waals surface area contributed by atoms with E-state index in [4.69, 9.17) is 0 Å². The number of rotatable bonds is 7. The molecule has 49 heavy (non-hydrogen) atoms. The summed E-state index contributed by atoms with van der Waals surface area (Å²) in [6, 6.07) is 42.8. The van der Waals surface area contributed by atoms with Crippen LogP contribution >= 0.6 is 0 Å². The second-order valence-corrected chi connectivity index (χ2v) is 13.5. The molecule has 238 valence electrons. The SMILES string of the molecule is CC(C)(c1cccc(-c2ccccn2)c1)c1ccc2c3ccc(C(C)(C)c4cccc(-c5ccccn5)c4)cc3n(-c3nncnn3)c2c1. The van der Waals surface area contributed by atoms with E-state index in [0.29, 0.717) is 5.95 Å². The second-order valence-electron chi connectivity index (χ2n) is 13.5. The third-order valence-corrected chi connectivity index (χ3v) is 9.90. The minimum Gasteiger partial charge on any atom is -0.275 e. The van der Waals surface area contributed by atoms with Crippen LogP contribution in [0, 0.1) is 0 Å². The zero-order valence-corrected chi connectivity index (χ0v) is 27.9. The fourth-order valence-corrected chi connectivity index (χ4v) is 6.83. The van der Waals surface area contributed by atoms with Crippen molar-refractivity contribution in [2.45, 2.75) is 38.5 Å². The van der Waals surface area contributed by atoms with Crippen molar-refractivity contribution in [3.8, 4) is 28.5 Å². The van der Waals surface area contributed by atoms with Gasteiger partial charge >= 0.3 is 0 Å². The Morgan fingerprint density at radius 1 is 0.469 bits per heavy atom. The van der Waals surface area contributed by atoms with Crippen molar-refractivity contribution < 1.29 is 0 Å². The van der Waals surface area contributed by atoms with E-state index in [-0.39, 0.29) is 10.8 Å². The summed E-state index contributed by atoms with van der Waals surface area (Å²) in [5.74, 6) is 0.432. The third kappa shape index (κ3) is 5.33. The Morgan fingerprint density at radius 3 is 1.39 bits per heavy atom. The van der Waals surface area contributed by atoms with Crippen molar-refractivity contribution in [3.63, 3.8) is 0 Å². The molecule has 4 aromatic heterocycles. The first-order chi connectivity index (χ1) is 23.8. The summed E-state index contributed by atoms with van der Waals surface area (Å²) in [4.78, 5) is 9.17. The van der Waals surface area contributed by atoms with Crippen LogP contribution in [0.25, 0.3) is 50.3 Å². The van der Waals surface area contributed by atoms with Gasteiger partial charge in [0.15, 0.2) is 6.33 Å². The van der Waals surface area contributed by atoms with Crippen LogP contribution in [0.3, 0.4) is 0 Å². The molecule has 0 amide bonds. The van der Waals surface area contributed by atoms with Gasteiger partial charge in [0.2, 0.25) is 0 Å². The fourth-order valence-electron chi connectivity index (χ4n) is 6.83. The van der Waals surface area contributed by atoms with E-state index in [1.54, 1.807) is 0 Å². The standard InChI is InChI=1S/C42H35N7/c1-41(2,30-13-9-11-28(23-30)36-15-5-7-21-43-36)32-17-19-34-35-20-18-33(26-39(35)49(38(34)25-32)40-47-45-27-46-48-40)42(3,4)31-14-10-12-29(24-31)37-16-6-8-22-44-37/h5-27H,1-4H3. The van der Waals surface area contributed by atoms with Crippen molar-refractivity contribution in [1.82, 2.24) is 34.9 Å². The van der Waals surface area contributed by atoms with Gasteiger partial charge in [-0.2, -0.15) is 0 Å². The zero-order chi connectivity index (χ0) is 33.6. The molecule has 4 heterocycles. The predicted molar refractivity (Wildman–Crippen MR) is 196 cm³/mol. The van der Waals surface area contributed by atoms with Crippen LogP contribution in [0.5, 0.6) is 0 Å². The molecule has 0 aliphatic carbocycles. The largest absolute Gasteiger partial charge is 0.275 e. The number of pyridine rings is 2. The van der Waals surface area contributed by atoms with E-state index in [1.807, 2.05) is 48.8 Å². The summed E-state index contributed by atoms with van der Waals surface area (Å²) < 4.78 is 2.10. The lowest BCUT2D eigenvalue weighted by Gasteiger charge is -2.27. The van der Waals surface area contributed by atoms with E-state index < -0.39 is 0 Å². The molecule has 8 aromatic rings. The molecule has 0 radical (unpaired) electrons. The van der Waals surface area contributed by atoms with Crippen molar-refractivity contribution in [2.24, 2.45) is 0 Å². The normalized spacial score (nSPS) is 12.1. The molecule has 0 bridgehead atoms. The highest BCUT2D eigenvalue weighted by Crippen LogP contribution is 2.41. The zero-order valence-electron chi connectivity index (χ0n) is 27.9. The summed E-state index contributed by atoms with van der Waals surface area (Å²) in [7, 11) is 0. The van der Waals surface area contributed by atoms with Crippen molar-refractivity contribution in [2.75, 3.05) is 0 Å². The lowest BCUT2D eigenvalue weighted by molar-refractivity contribution is 0.641. The number of aromatic nitrogens is 7. The monoisotopic (exact) mass is 637 g/mol. The van der Waals surface area contributed by atoms with Gasteiger partial charge < -0.3 is 0 Å². The topological polar surface area (TPSA) is 82.3 Å². The lowest BCUT2D eigenvalue weighted by atomic mass is 9.77. The Morgan fingerprint density at radius 2 is 0.939 bits per heavy atom. The Bertz CT molecular complexity index is 2280. The minimum atomic E-state index is -0.305. The third-order valence-electron chi connectivity index (χ3n) is 9.90. The quantitative estimate of drug-likeness (QED) is 0.173. The first-order valence-electron chi connectivity index (χ1n) is 16.4. The lowest BCUT2D eigenvalue weighted by Crippen LogP contribution is -2.19. The van der Waals surface area contributed by atoms with Crippen molar-refractivity contribution in [1.29, 1.82) is 0 Å². The molecule has 7 nitrogen and oxygen atoms in total. The van der Waals surface area contributed by atoms with Gasteiger partial charge in [0.05, 0.1) is 22.4 Å². The Labute approximate surface area is 285 Å². The highest BCUT2D eigenvalue weighted by atomic mass is 15.3. The van der Waals surface area contributed by atoms with E-state index in [2.05, 4.69) is 148 Å². The molecule has 0 unspecified atom stereocenters. The van der Waals surface area contributed by atoms with Crippen LogP contribution in [0.1, 0.15) is 49.9 Å². The molecule has 4 aromatic carbocycles. The molecule has 0 saturated carbocycles. The van der Waals surface area contributed by atoms with Crippen LogP contribution in [-0.4, -0.2) is 34.9 Å². The second kappa shape index (κ2) is 11.9. The van der Waals surface area contributed by atoms with Crippen LogP contribution in [0.2, 0.25) is 0 Å². The van der Waals surface area contributed by atoms with Gasteiger partial charge in [-0.1, -0.05) is 100 Å². The maximum Gasteiger partial charge on any atom is 0.273 e. The molecule has 0 N–H and O–H groups in total. The minimum absolute atomic E-state index is 0.305. The van der Waals surface area contributed by atoms with Gasteiger partial charge in [0.25, 0.3) is 5.95 Å². The molecule has 0 aliphatic rings. The summed E-state index contributed by atoms with van der Waals surface area (Å²) in [6.45, 7) is 9.06. The Balaban J connectivity index is 1.27. The summed E-state index contributed by atoms with van der Waals surface area (Å²) in [6.07, 6.45) is 5.03. The van der Waals surface area contributed by atoms with Crippen LogP contribution in [0.15, 0.2) is 140 Å². The Kier molecular flexibility index (Phi) is 7.33. The van der Waals surface area contributed by atoms with E-state index in [1.165, 1.54) is 28.6 Å². The predicted octanol–water partition coefficient (Wildman–Crippen LogP) is 9.14. The van der Waals surface area contributed by atoms with Crippen LogP contribution < -0.4 is 0 Å². The van der Waals surface area contributed by atoms with E-state index >= 15 is 0 Å².